The van der Waals surface area contributed by atoms with Crippen molar-refractivity contribution in [3.63, 3.8) is 0 Å². The number of hydrazone groups is 1. The molecule has 0 spiro atoms. The molecule has 3 aromatic carbocycles. The SMILES string of the molecule is O=C(N/N=C\c1c(F)cccc1Cl)c1ccc(Cn2nnc(-c3ccccc3)n2)cc1. The van der Waals surface area contributed by atoms with Crippen molar-refractivity contribution in [1.29, 1.82) is 0 Å². The van der Waals surface area contributed by atoms with Crippen molar-refractivity contribution < 1.29 is 9.18 Å². The quantitative estimate of drug-likeness (QED) is 0.368. The maximum Gasteiger partial charge on any atom is 0.271 e. The number of hydrogen-bond donors (Lipinski definition) is 1. The molecule has 7 nitrogen and oxygen atoms in total. The van der Waals surface area contributed by atoms with E-state index in [1.165, 1.54) is 23.1 Å². The molecule has 1 amide bonds. The van der Waals surface area contributed by atoms with Gasteiger partial charge >= 0.3 is 0 Å². The van der Waals surface area contributed by atoms with Crippen LogP contribution in [0.4, 0.5) is 4.39 Å². The highest BCUT2D eigenvalue weighted by Gasteiger charge is 2.08. The Hall–Kier alpha value is -3.91. The van der Waals surface area contributed by atoms with Crippen LogP contribution in [-0.4, -0.2) is 32.3 Å². The van der Waals surface area contributed by atoms with Gasteiger partial charge in [0.2, 0.25) is 5.82 Å². The van der Waals surface area contributed by atoms with Gasteiger partial charge in [-0.3, -0.25) is 4.79 Å². The number of halogens is 2. The molecule has 0 unspecified atom stereocenters. The Morgan fingerprint density at radius 2 is 1.84 bits per heavy atom. The fourth-order valence-corrected chi connectivity index (χ4v) is 3.00. The molecule has 0 atom stereocenters. The third-order valence-corrected chi connectivity index (χ3v) is 4.71. The predicted molar refractivity (Wildman–Crippen MR) is 115 cm³/mol. The lowest BCUT2D eigenvalue weighted by Gasteiger charge is -2.03. The van der Waals surface area contributed by atoms with E-state index in [-0.39, 0.29) is 10.6 Å². The van der Waals surface area contributed by atoms with E-state index in [9.17, 15) is 9.18 Å². The van der Waals surface area contributed by atoms with Crippen molar-refractivity contribution in [2.75, 3.05) is 0 Å². The average molecular weight is 435 g/mol. The molecular weight excluding hydrogens is 419 g/mol. The largest absolute Gasteiger partial charge is 0.271 e. The zero-order chi connectivity index (χ0) is 21.6. The van der Waals surface area contributed by atoms with E-state index >= 15 is 0 Å². The van der Waals surface area contributed by atoms with E-state index in [0.717, 1.165) is 11.1 Å². The number of hydrogen-bond acceptors (Lipinski definition) is 5. The molecule has 1 aromatic heterocycles. The molecule has 0 aliphatic rings. The topological polar surface area (TPSA) is 85.1 Å². The zero-order valence-corrected chi connectivity index (χ0v) is 16.9. The van der Waals surface area contributed by atoms with E-state index in [0.29, 0.717) is 17.9 Å². The van der Waals surface area contributed by atoms with Crippen LogP contribution < -0.4 is 5.43 Å². The lowest BCUT2D eigenvalue weighted by molar-refractivity contribution is 0.0955. The highest BCUT2D eigenvalue weighted by atomic mass is 35.5. The second kappa shape index (κ2) is 9.27. The molecule has 0 fully saturated rings. The lowest BCUT2D eigenvalue weighted by Crippen LogP contribution is -2.17. The molecule has 0 aliphatic carbocycles. The number of nitrogens with zero attached hydrogens (tertiary/aromatic N) is 5. The average Bonchev–Trinajstić information content (AvgIpc) is 3.25. The fraction of sp³-hybridized carbons (Fsp3) is 0.0455. The van der Waals surface area contributed by atoms with E-state index in [4.69, 9.17) is 11.6 Å². The number of rotatable bonds is 6. The monoisotopic (exact) mass is 434 g/mol. The van der Waals surface area contributed by atoms with Gasteiger partial charge in [-0.05, 0) is 35.0 Å². The van der Waals surface area contributed by atoms with Gasteiger partial charge in [0.1, 0.15) is 5.82 Å². The molecule has 0 aliphatic heterocycles. The maximum atomic E-state index is 13.7. The summed E-state index contributed by atoms with van der Waals surface area (Å²) in [5.41, 5.74) is 4.65. The molecule has 31 heavy (non-hydrogen) atoms. The summed E-state index contributed by atoms with van der Waals surface area (Å²) in [6.07, 6.45) is 1.17. The minimum absolute atomic E-state index is 0.106. The first-order valence-corrected chi connectivity index (χ1v) is 9.67. The van der Waals surface area contributed by atoms with Crippen molar-refractivity contribution in [3.05, 3.63) is 100 Å². The first-order chi connectivity index (χ1) is 15.1. The van der Waals surface area contributed by atoms with Crippen molar-refractivity contribution >= 4 is 23.7 Å². The van der Waals surface area contributed by atoms with Gasteiger partial charge in [-0.15, -0.1) is 10.2 Å². The molecule has 9 heteroatoms. The molecular formula is C22H16ClFN6O. The number of carbonyl (C=O) groups excluding carboxylic acids is 1. The van der Waals surface area contributed by atoms with Gasteiger partial charge in [0.15, 0.2) is 0 Å². The number of nitrogens with one attached hydrogen (secondary N) is 1. The third-order valence-electron chi connectivity index (χ3n) is 4.38. The summed E-state index contributed by atoms with van der Waals surface area (Å²) in [5.74, 6) is -0.406. The smallest absolute Gasteiger partial charge is 0.267 e. The van der Waals surface area contributed by atoms with Crippen LogP contribution in [0.1, 0.15) is 21.5 Å². The number of carbonyl (C=O) groups is 1. The highest BCUT2D eigenvalue weighted by Crippen LogP contribution is 2.16. The van der Waals surface area contributed by atoms with Crippen LogP contribution in [-0.2, 0) is 6.54 Å². The standard InChI is InChI=1S/C22H16ClFN6O/c23-19-7-4-8-20(24)18(19)13-25-27-22(31)17-11-9-15(10-12-17)14-30-28-21(26-29-30)16-5-2-1-3-6-16/h1-13H,14H2,(H,27,31)/b25-13-. The normalized spacial score (nSPS) is 11.0. The first-order valence-electron chi connectivity index (χ1n) is 9.30. The van der Waals surface area contributed by atoms with Gasteiger partial charge in [0, 0.05) is 16.7 Å². The number of amides is 1. The van der Waals surface area contributed by atoms with Gasteiger partial charge in [0.05, 0.1) is 17.8 Å². The molecule has 4 rings (SSSR count). The summed E-state index contributed by atoms with van der Waals surface area (Å²) in [5, 5.41) is 16.5. The summed E-state index contributed by atoms with van der Waals surface area (Å²) >= 11 is 5.92. The van der Waals surface area contributed by atoms with Crippen molar-refractivity contribution in [1.82, 2.24) is 25.6 Å². The Morgan fingerprint density at radius 3 is 2.58 bits per heavy atom. The van der Waals surface area contributed by atoms with Gasteiger partial charge in [-0.1, -0.05) is 60.1 Å². The van der Waals surface area contributed by atoms with Gasteiger partial charge in [-0.2, -0.15) is 9.90 Å². The van der Waals surface area contributed by atoms with Crippen molar-refractivity contribution in [2.24, 2.45) is 5.10 Å². The summed E-state index contributed by atoms with van der Waals surface area (Å²) in [7, 11) is 0. The maximum absolute atomic E-state index is 13.7. The van der Waals surface area contributed by atoms with E-state index in [1.54, 1.807) is 30.3 Å². The Kier molecular flexibility index (Phi) is 6.09. The Labute approximate surface area is 182 Å². The van der Waals surface area contributed by atoms with Gasteiger partial charge < -0.3 is 0 Å². The minimum atomic E-state index is -0.521. The molecule has 154 valence electrons. The van der Waals surface area contributed by atoms with E-state index < -0.39 is 11.7 Å². The van der Waals surface area contributed by atoms with Crippen LogP contribution in [0.3, 0.4) is 0 Å². The first kappa shape index (κ1) is 20.4. The lowest BCUT2D eigenvalue weighted by atomic mass is 10.1. The van der Waals surface area contributed by atoms with Crippen molar-refractivity contribution in [3.8, 4) is 11.4 Å². The second-order valence-electron chi connectivity index (χ2n) is 6.54. The minimum Gasteiger partial charge on any atom is -0.267 e. The van der Waals surface area contributed by atoms with Gasteiger partial charge in [0.25, 0.3) is 5.91 Å². The van der Waals surface area contributed by atoms with Gasteiger partial charge in [-0.25, -0.2) is 9.82 Å². The van der Waals surface area contributed by atoms with Crippen LogP contribution in [0.2, 0.25) is 5.02 Å². The molecule has 1 N–H and O–H groups in total. The summed E-state index contributed by atoms with van der Waals surface area (Å²) < 4.78 is 13.7. The van der Waals surface area contributed by atoms with Crippen LogP contribution in [0.15, 0.2) is 77.9 Å². The van der Waals surface area contributed by atoms with E-state index in [1.807, 2.05) is 30.3 Å². The molecule has 4 aromatic rings. The van der Waals surface area contributed by atoms with Crippen LogP contribution in [0.5, 0.6) is 0 Å². The highest BCUT2D eigenvalue weighted by molar-refractivity contribution is 6.33. The summed E-state index contributed by atoms with van der Waals surface area (Å²) in [6, 6.07) is 20.8. The Bertz CT molecular complexity index is 1200. The van der Waals surface area contributed by atoms with E-state index in [2.05, 4.69) is 25.9 Å². The van der Waals surface area contributed by atoms with Crippen molar-refractivity contribution in [2.45, 2.75) is 6.54 Å². The number of benzene rings is 3. The number of tetrazole rings is 1. The third kappa shape index (κ3) is 4.99. The molecule has 1 heterocycles. The molecule has 0 radical (unpaired) electrons. The Morgan fingerprint density at radius 1 is 1.06 bits per heavy atom. The molecule has 0 saturated heterocycles. The predicted octanol–water partition coefficient (Wildman–Crippen LogP) is 3.94. The fourth-order valence-electron chi connectivity index (χ4n) is 2.79. The summed E-state index contributed by atoms with van der Waals surface area (Å²) in [4.78, 5) is 13.7. The second-order valence-corrected chi connectivity index (χ2v) is 6.95. The zero-order valence-electron chi connectivity index (χ0n) is 16.1. The number of aromatic nitrogens is 4. The molecule has 0 bridgehead atoms. The van der Waals surface area contributed by atoms with Crippen LogP contribution >= 0.6 is 11.6 Å². The Balaban J connectivity index is 1.37. The van der Waals surface area contributed by atoms with Crippen LogP contribution in [0, 0.1) is 5.82 Å². The summed E-state index contributed by atoms with van der Waals surface area (Å²) in [6.45, 7) is 0.408. The van der Waals surface area contributed by atoms with Crippen LogP contribution in [0.25, 0.3) is 11.4 Å². The molecule has 0 saturated carbocycles.